The zero-order valence-corrected chi connectivity index (χ0v) is 23.2. The molecule has 5 aromatic rings. The second kappa shape index (κ2) is 9.00. The van der Waals surface area contributed by atoms with E-state index in [0.29, 0.717) is 59.8 Å². The molecule has 3 aromatic carbocycles. The second-order valence-electron chi connectivity index (χ2n) is 10.6. The van der Waals surface area contributed by atoms with Gasteiger partial charge in [0.05, 0.1) is 51.2 Å². The first-order valence-corrected chi connectivity index (χ1v) is 13.8. The molecule has 3 unspecified atom stereocenters. The Hall–Kier alpha value is -4.00. The smallest absolute Gasteiger partial charge is 0.205 e. The summed E-state index contributed by atoms with van der Waals surface area (Å²) in [7, 11) is 0. The summed E-state index contributed by atoms with van der Waals surface area (Å²) in [6.07, 6.45) is 1.13. The van der Waals surface area contributed by atoms with Gasteiger partial charge in [-0.15, -0.1) is 0 Å². The molecule has 2 aliphatic rings. The van der Waals surface area contributed by atoms with E-state index in [0.717, 1.165) is 0 Å². The highest BCUT2D eigenvalue weighted by Gasteiger charge is 2.66. The Morgan fingerprint density at radius 2 is 1.78 bits per heavy atom. The number of nitriles is 1. The summed E-state index contributed by atoms with van der Waals surface area (Å²) in [6.45, 7) is 1.82. The highest BCUT2D eigenvalue weighted by Crippen LogP contribution is 2.65. The molecule has 2 aromatic heterocycles. The van der Waals surface area contributed by atoms with Crippen LogP contribution in [0.3, 0.4) is 0 Å². The Morgan fingerprint density at radius 1 is 1.05 bits per heavy atom. The summed E-state index contributed by atoms with van der Waals surface area (Å²) in [5.74, 6) is -0.0525. The van der Waals surface area contributed by atoms with Crippen molar-refractivity contribution in [3.8, 4) is 29.3 Å². The maximum atomic E-state index is 11.7. The molecule has 2 aliphatic heterocycles. The number of pyridine rings is 1. The first-order chi connectivity index (χ1) is 19.7. The zero-order chi connectivity index (χ0) is 28.7. The molecule has 0 saturated carbocycles. The van der Waals surface area contributed by atoms with E-state index >= 15 is 0 Å². The van der Waals surface area contributed by atoms with Gasteiger partial charge >= 0.3 is 0 Å². The minimum atomic E-state index is -1.25. The van der Waals surface area contributed by atoms with E-state index in [1.807, 2.05) is 30.3 Å². The van der Waals surface area contributed by atoms with Gasteiger partial charge < -0.3 is 24.8 Å². The predicted octanol–water partition coefficient (Wildman–Crippen LogP) is 6.44. The zero-order valence-electron chi connectivity index (χ0n) is 21.7. The lowest BCUT2D eigenvalue weighted by atomic mass is 9.76. The monoisotopic (exact) mass is 587 g/mol. The predicted molar refractivity (Wildman–Crippen MR) is 154 cm³/mol. The summed E-state index contributed by atoms with van der Waals surface area (Å²) < 4.78 is 13.9. The number of hydrogen-bond acceptors (Lipinski definition) is 7. The quantitative estimate of drug-likeness (QED) is 0.216. The van der Waals surface area contributed by atoms with Gasteiger partial charge in [0.2, 0.25) is 11.8 Å². The number of halogens is 2. The molecule has 1 fully saturated rings. The average Bonchev–Trinajstić information content (AvgIpc) is 3.50. The van der Waals surface area contributed by atoms with Crippen LogP contribution in [0.5, 0.6) is 17.5 Å². The molecular weight excluding hydrogens is 565 g/mol. The molecule has 3 atom stereocenters. The van der Waals surface area contributed by atoms with E-state index in [2.05, 4.69) is 11.1 Å². The van der Waals surface area contributed by atoms with Gasteiger partial charge in [0.25, 0.3) is 0 Å². The van der Waals surface area contributed by atoms with Crippen LogP contribution in [0.2, 0.25) is 10.0 Å². The molecular formula is C31H23Cl2N3O5. The third-order valence-electron chi connectivity index (χ3n) is 8.40. The minimum absolute atomic E-state index is 0.112. The Morgan fingerprint density at radius 3 is 2.56 bits per heavy atom. The number of rotatable bonds is 5. The summed E-state index contributed by atoms with van der Waals surface area (Å²) in [6, 6.07) is 18.0. The van der Waals surface area contributed by atoms with Crippen molar-refractivity contribution in [1.82, 2.24) is 9.55 Å². The molecule has 41 heavy (non-hydrogen) atoms. The fourth-order valence-electron chi connectivity index (χ4n) is 6.53. The van der Waals surface area contributed by atoms with Crippen LogP contribution in [0, 0.1) is 11.3 Å². The maximum absolute atomic E-state index is 11.7. The Balaban J connectivity index is 1.31. The molecule has 1 saturated heterocycles. The van der Waals surface area contributed by atoms with E-state index < -0.39 is 17.3 Å². The number of aliphatic hydroxyl groups excluding tert-OH is 1. The van der Waals surface area contributed by atoms with Gasteiger partial charge in [0, 0.05) is 35.2 Å². The van der Waals surface area contributed by atoms with Gasteiger partial charge in [-0.05, 0) is 37.3 Å². The Kier molecular flexibility index (Phi) is 5.69. The lowest BCUT2D eigenvalue weighted by molar-refractivity contribution is -0.107. The van der Waals surface area contributed by atoms with E-state index in [1.165, 1.54) is 4.57 Å². The topological polar surface area (TPSA) is 121 Å². The molecule has 7 rings (SSSR count). The number of aromatic hydroxyl groups is 2. The molecule has 10 heteroatoms. The molecule has 0 aliphatic carbocycles. The Labute approximate surface area is 244 Å². The van der Waals surface area contributed by atoms with E-state index in [4.69, 9.17) is 32.7 Å². The molecule has 0 spiro atoms. The highest BCUT2D eigenvalue weighted by atomic mass is 35.5. The lowest BCUT2D eigenvalue weighted by Crippen LogP contribution is -2.33. The van der Waals surface area contributed by atoms with Crippen LogP contribution < -0.4 is 4.74 Å². The van der Waals surface area contributed by atoms with E-state index in [9.17, 15) is 20.6 Å². The fraction of sp³-hybridized carbons (Fsp3) is 0.226. The van der Waals surface area contributed by atoms with Crippen molar-refractivity contribution in [2.24, 2.45) is 0 Å². The van der Waals surface area contributed by atoms with Crippen LogP contribution in [0.25, 0.3) is 27.4 Å². The van der Waals surface area contributed by atoms with Gasteiger partial charge in [0.1, 0.15) is 16.7 Å². The standard InChI is InChI=1S/C31H23Cl2N3O5/c1-30-23(37)14-31(41-30,10-12-40-27-21(33)13-20(32)19-7-4-11-35-26(19)27)25-24(30)28(38)36(29(25)39)22-9-8-16(15-34)17-5-2-3-6-18(17)22/h2-9,11,13,23,37-39H,10,12,14H2,1H3. The number of benzene rings is 3. The van der Waals surface area contributed by atoms with Crippen molar-refractivity contribution >= 4 is 44.9 Å². The van der Waals surface area contributed by atoms with Gasteiger partial charge in [-0.1, -0.05) is 47.5 Å². The van der Waals surface area contributed by atoms with E-state index in [-0.39, 0.29) is 31.2 Å². The van der Waals surface area contributed by atoms with Gasteiger partial charge in [-0.2, -0.15) is 5.26 Å². The number of ether oxygens (including phenoxy) is 2. The summed E-state index contributed by atoms with van der Waals surface area (Å²) in [5, 5.41) is 46.8. The second-order valence-corrected chi connectivity index (χ2v) is 11.4. The largest absolute Gasteiger partial charge is 0.494 e. The molecule has 206 valence electrons. The average molecular weight is 588 g/mol. The van der Waals surface area contributed by atoms with Crippen LogP contribution in [-0.2, 0) is 15.9 Å². The summed E-state index contributed by atoms with van der Waals surface area (Å²) in [4.78, 5) is 4.40. The van der Waals surface area contributed by atoms with Crippen molar-refractivity contribution in [3.05, 3.63) is 87.5 Å². The van der Waals surface area contributed by atoms with Gasteiger partial charge in [0.15, 0.2) is 5.75 Å². The SMILES string of the molecule is CC12OC(CCOc3c(Cl)cc(Cl)c4cccnc34)(CC1O)c1c2c(O)n(-c2ccc(C#N)c3ccccc23)c1O. The summed E-state index contributed by atoms with van der Waals surface area (Å²) in [5.41, 5.74) is -0.156. The third kappa shape index (κ3) is 3.50. The summed E-state index contributed by atoms with van der Waals surface area (Å²) >= 11 is 12.8. The molecule has 4 heterocycles. The van der Waals surface area contributed by atoms with Crippen molar-refractivity contribution in [1.29, 1.82) is 5.26 Å². The molecule has 3 N–H and O–H groups in total. The first-order valence-electron chi connectivity index (χ1n) is 13.0. The minimum Gasteiger partial charge on any atom is -0.494 e. The number of aromatic nitrogens is 2. The molecule has 0 amide bonds. The van der Waals surface area contributed by atoms with Crippen LogP contribution in [-0.4, -0.2) is 37.6 Å². The third-order valence-corrected chi connectivity index (χ3v) is 9.00. The van der Waals surface area contributed by atoms with Crippen LogP contribution in [0.4, 0.5) is 0 Å². The van der Waals surface area contributed by atoms with Crippen molar-refractivity contribution in [2.45, 2.75) is 37.1 Å². The van der Waals surface area contributed by atoms with Crippen molar-refractivity contribution in [2.75, 3.05) is 6.61 Å². The van der Waals surface area contributed by atoms with Crippen molar-refractivity contribution < 1.29 is 24.8 Å². The lowest BCUT2D eigenvalue weighted by Gasteiger charge is -2.27. The number of hydrogen-bond donors (Lipinski definition) is 3. The molecule has 0 radical (unpaired) electrons. The van der Waals surface area contributed by atoms with Gasteiger partial charge in [-0.3, -0.25) is 9.55 Å². The van der Waals surface area contributed by atoms with Crippen LogP contribution in [0.15, 0.2) is 60.8 Å². The molecule has 8 nitrogen and oxygen atoms in total. The Bertz CT molecular complexity index is 1950. The number of nitrogens with zero attached hydrogens (tertiary/aromatic N) is 3. The molecule has 2 bridgehead atoms. The fourth-order valence-corrected chi connectivity index (χ4v) is 7.10. The van der Waals surface area contributed by atoms with Gasteiger partial charge in [-0.25, -0.2) is 0 Å². The maximum Gasteiger partial charge on any atom is 0.205 e. The van der Waals surface area contributed by atoms with E-state index in [1.54, 1.807) is 37.4 Å². The highest BCUT2D eigenvalue weighted by molar-refractivity contribution is 6.39. The van der Waals surface area contributed by atoms with Crippen LogP contribution in [0.1, 0.15) is 36.5 Å². The van der Waals surface area contributed by atoms with Crippen molar-refractivity contribution in [3.63, 3.8) is 0 Å². The normalized spacial score (nSPS) is 22.8. The number of aliphatic hydroxyl groups is 1. The van der Waals surface area contributed by atoms with Crippen LogP contribution >= 0.6 is 23.2 Å². The number of fused-ring (bicyclic) bond motifs is 7. The first kappa shape index (κ1) is 25.9.